The van der Waals surface area contributed by atoms with E-state index >= 15 is 0 Å². The predicted octanol–water partition coefficient (Wildman–Crippen LogP) is 2.18. The topological polar surface area (TPSA) is 83.2 Å². The zero-order chi connectivity index (χ0) is 13.9. The molecule has 1 saturated heterocycles. The van der Waals surface area contributed by atoms with Crippen molar-refractivity contribution in [2.75, 3.05) is 13.7 Å². The summed E-state index contributed by atoms with van der Waals surface area (Å²) < 4.78 is 10.0. The van der Waals surface area contributed by atoms with Gasteiger partial charge in [0.05, 0.1) is 19.8 Å². The van der Waals surface area contributed by atoms with Crippen LogP contribution >= 0.6 is 0 Å². The number of nitrogens with zero attached hydrogens (tertiary/aromatic N) is 1. The van der Waals surface area contributed by atoms with E-state index in [0.717, 1.165) is 0 Å². The maximum atomic E-state index is 12.2. The second kappa shape index (κ2) is 5.11. The van der Waals surface area contributed by atoms with Crippen LogP contribution in [0, 0.1) is 22.2 Å². The van der Waals surface area contributed by atoms with Gasteiger partial charge in [-0.2, -0.15) is 5.26 Å². The third-order valence-corrected chi connectivity index (χ3v) is 3.30. The van der Waals surface area contributed by atoms with Crippen molar-refractivity contribution in [3.8, 4) is 11.8 Å². The smallest absolute Gasteiger partial charge is 0.202 e. The zero-order valence-electron chi connectivity index (χ0n) is 10.6. The number of nitriles is 1. The summed E-state index contributed by atoms with van der Waals surface area (Å²) in [5.41, 5.74) is -0.591. The molecule has 1 unspecified atom stereocenters. The molecule has 1 N–H and O–H groups in total. The van der Waals surface area contributed by atoms with Gasteiger partial charge in [0.25, 0.3) is 0 Å². The molecule has 5 nitrogen and oxygen atoms in total. The van der Waals surface area contributed by atoms with Crippen LogP contribution in [0.4, 0.5) is 0 Å². The number of carbonyl (C=O) groups excluding carboxylic acids is 1. The second-order valence-corrected chi connectivity index (χ2v) is 4.45. The van der Waals surface area contributed by atoms with Crippen molar-refractivity contribution in [2.45, 2.75) is 12.8 Å². The summed E-state index contributed by atoms with van der Waals surface area (Å²) in [7, 11) is 1.55. The Morgan fingerprint density at radius 3 is 2.68 bits per heavy atom. The fraction of sp³-hybridized carbons (Fsp3) is 0.357. The minimum atomic E-state index is -1.10. The van der Waals surface area contributed by atoms with E-state index in [1.54, 1.807) is 31.4 Å². The van der Waals surface area contributed by atoms with Crippen LogP contribution in [0.3, 0.4) is 0 Å². The lowest BCUT2D eigenvalue weighted by atomic mass is 9.81. The summed E-state index contributed by atoms with van der Waals surface area (Å²) in [6, 6.07) is 8.77. The van der Waals surface area contributed by atoms with Crippen molar-refractivity contribution < 1.29 is 14.3 Å². The van der Waals surface area contributed by atoms with Gasteiger partial charge in [-0.1, -0.05) is 0 Å². The van der Waals surface area contributed by atoms with Gasteiger partial charge < -0.3 is 9.47 Å². The first-order valence-corrected chi connectivity index (χ1v) is 5.91. The number of rotatable bonds is 4. The summed E-state index contributed by atoms with van der Waals surface area (Å²) in [5, 5.41) is 16.9. The Balaban J connectivity index is 2.16. The van der Waals surface area contributed by atoms with Crippen LogP contribution in [0.15, 0.2) is 24.3 Å². The number of carbonyl (C=O) groups is 1. The molecule has 98 valence electrons. The summed E-state index contributed by atoms with van der Waals surface area (Å²) in [6.45, 7) is 0.322. The number of methoxy groups -OCH3 is 1. The standard InChI is InChI=1S/C14H14N2O3/c1-18-11-4-2-10(3-5-11)12(17)8-14(9-15)6-7-19-13(14)16/h2-5,16H,6-8H2,1H3. The van der Waals surface area contributed by atoms with E-state index in [1.807, 2.05) is 0 Å². The van der Waals surface area contributed by atoms with Crippen LogP contribution in [0.5, 0.6) is 5.75 Å². The van der Waals surface area contributed by atoms with Crippen molar-refractivity contribution in [1.29, 1.82) is 10.7 Å². The average molecular weight is 258 g/mol. The van der Waals surface area contributed by atoms with E-state index in [4.69, 9.17) is 14.9 Å². The van der Waals surface area contributed by atoms with Crippen LogP contribution in [-0.2, 0) is 4.74 Å². The number of hydrogen-bond donors (Lipinski definition) is 1. The maximum Gasteiger partial charge on any atom is 0.202 e. The molecule has 0 aromatic heterocycles. The van der Waals surface area contributed by atoms with Gasteiger partial charge in [0.1, 0.15) is 11.2 Å². The first-order chi connectivity index (χ1) is 9.11. The van der Waals surface area contributed by atoms with Gasteiger partial charge in [-0.05, 0) is 24.3 Å². The van der Waals surface area contributed by atoms with Crippen molar-refractivity contribution in [1.82, 2.24) is 0 Å². The molecule has 0 aliphatic carbocycles. The number of benzene rings is 1. The molecule has 1 aromatic rings. The van der Waals surface area contributed by atoms with Crippen LogP contribution < -0.4 is 4.74 Å². The number of hydrogen-bond acceptors (Lipinski definition) is 5. The molecule has 1 aliphatic rings. The Bertz CT molecular complexity index is 545. The minimum Gasteiger partial charge on any atom is -0.497 e. The SMILES string of the molecule is COc1ccc(C(=O)CC2(C#N)CCOC2=N)cc1. The van der Waals surface area contributed by atoms with Crippen LogP contribution in [0.25, 0.3) is 0 Å². The van der Waals surface area contributed by atoms with E-state index < -0.39 is 5.41 Å². The van der Waals surface area contributed by atoms with Gasteiger partial charge in [-0.15, -0.1) is 0 Å². The Hall–Kier alpha value is -2.35. The summed E-state index contributed by atoms with van der Waals surface area (Å²) in [5.74, 6) is 0.403. The largest absolute Gasteiger partial charge is 0.497 e. The maximum absolute atomic E-state index is 12.2. The van der Waals surface area contributed by atoms with Gasteiger partial charge >= 0.3 is 0 Å². The molecule has 19 heavy (non-hydrogen) atoms. The van der Waals surface area contributed by atoms with Crippen molar-refractivity contribution >= 4 is 11.7 Å². The van der Waals surface area contributed by atoms with Crippen molar-refractivity contribution in [2.24, 2.45) is 5.41 Å². The molecule has 0 saturated carbocycles. The van der Waals surface area contributed by atoms with Crippen molar-refractivity contribution in [3.63, 3.8) is 0 Å². The van der Waals surface area contributed by atoms with E-state index in [2.05, 4.69) is 6.07 Å². The molecule has 1 aromatic carbocycles. The molecule has 0 bridgehead atoms. The average Bonchev–Trinajstić information content (AvgIpc) is 2.80. The van der Waals surface area contributed by atoms with E-state index in [0.29, 0.717) is 24.3 Å². The Labute approximate surface area is 111 Å². The molecule has 1 fully saturated rings. The minimum absolute atomic E-state index is 0.0192. The molecular formula is C14H14N2O3. The molecule has 2 rings (SSSR count). The molecule has 0 spiro atoms. The highest BCUT2D eigenvalue weighted by atomic mass is 16.5. The highest BCUT2D eigenvalue weighted by Gasteiger charge is 2.43. The van der Waals surface area contributed by atoms with Crippen LogP contribution in [-0.4, -0.2) is 25.4 Å². The van der Waals surface area contributed by atoms with Crippen LogP contribution in [0.1, 0.15) is 23.2 Å². The lowest BCUT2D eigenvalue weighted by molar-refractivity contribution is 0.0959. The van der Waals surface area contributed by atoms with Crippen molar-refractivity contribution in [3.05, 3.63) is 29.8 Å². The van der Waals surface area contributed by atoms with E-state index in [-0.39, 0.29) is 18.1 Å². The van der Waals surface area contributed by atoms with Gasteiger partial charge in [0, 0.05) is 18.4 Å². The number of nitrogens with one attached hydrogen (secondary N) is 1. The zero-order valence-corrected chi connectivity index (χ0v) is 10.6. The summed E-state index contributed by atoms with van der Waals surface area (Å²) >= 11 is 0. The number of Topliss-reactive ketones (excluding diaryl/α,β-unsaturated/α-hetero) is 1. The van der Waals surface area contributed by atoms with E-state index in [1.165, 1.54) is 0 Å². The Morgan fingerprint density at radius 1 is 1.53 bits per heavy atom. The van der Waals surface area contributed by atoms with Gasteiger partial charge in [0.15, 0.2) is 5.78 Å². The molecule has 1 aliphatic heterocycles. The highest BCUT2D eigenvalue weighted by Crippen LogP contribution is 2.34. The lowest BCUT2D eigenvalue weighted by Crippen LogP contribution is -2.27. The molecule has 1 heterocycles. The molecule has 0 radical (unpaired) electrons. The highest BCUT2D eigenvalue weighted by molar-refractivity contribution is 6.00. The predicted molar refractivity (Wildman–Crippen MR) is 68.3 cm³/mol. The Morgan fingerprint density at radius 2 is 2.21 bits per heavy atom. The summed E-state index contributed by atoms with van der Waals surface area (Å²) in [4.78, 5) is 12.2. The van der Waals surface area contributed by atoms with Gasteiger partial charge in [-0.3, -0.25) is 10.2 Å². The quantitative estimate of drug-likeness (QED) is 0.839. The summed E-state index contributed by atoms with van der Waals surface area (Å²) in [6.07, 6.45) is 0.374. The first kappa shape index (κ1) is 13.1. The van der Waals surface area contributed by atoms with Crippen LogP contribution in [0.2, 0.25) is 0 Å². The third-order valence-electron chi connectivity index (χ3n) is 3.30. The number of ketones is 1. The second-order valence-electron chi connectivity index (χ2n) is 4.45. The molecular weight excluding hydrogens is 244 g/mol. The molecule has 5 heteroatoms. The fourth-order valence-electron chi connectivity index (χ4n) is 2.05. The van der Waals surface area contributed by atoms with Gasteiger partial charge in [0.2, 0.25) is 5.90 Å². The third kappa shape index (κ3) is 2.43. The monoisotopic (exact) mass is 258 g/mol. The molecule has 0 amide bonds. The van der Waals surface area contributed by atoms with E-state index in [9.17, 15) is 10.1 Å². The first-order valence-electron chi connectivity index (χ1n) is 5.91. The normalized spacial score (nSPS) is 21.6. The Kier molecular flexibility index (Phi) is 3.52. The fourth-order valence-corrected chi connectivity index (χ4v) is 2.05. The number of ether oxygens (including phenoxy) is 2. The molecule has 1 atom stereocenters. The van der Waals surface area contributed by atoms with Gasteiger partial charge in [-0.25, -0.2) is 0 Å². The lowest BCUT2D eigenvalue weighted by Gasteiger charge is -2.16.